The van der Waals surface area contributed by atoms with Gasteiger partial charge in [0.05, 0.1) is 6.10 Å². The topological polar surface area (TPSA) is 39.7 Å². The average molecular weight is 412 g/mol. The standard InChI is InChI=1S/C26H37NO3/c1-17(2)29-23-21-15-20(13-14-22(21)30-26(6,7)24(23)28-8)27-16-18-9-11-19(12-10-18)25(3,4)5/h9-15,17,23-24,27H,16H2,1-8H3. The highest BCUT2D eigenvalue weighted by Crippen LogP contribution is 2.44. The SMILES string of the molecule is COC1C(OC(C)C)c2cc(NCc3ccc(C(C)(C)C)cc3)ccc2OC1(C)C. The van der Waals surface area contributed by atoms with E-state index in [2.05, 4.69) is 76.3 Å². The minimum absolute atomic E-state index is 0.0901. The van der Waals surface area contributed by atoms with Crippen molar-refractivity contribution in [1.82, 2.24) is 0 Å². The summed E-state index contributed by atoms with van der Waals surface area (Å²) in [4.78, 5) is 0. The maximum Gasteiger partial charge on any atom is 0.132 e. The third-order valence-corrected chi connectivity index (χ3v) is 5.64. The summed E-state index contributed by atoms with van der Waals surface area (Å²) in [5.41, 5.74) is 4.38. The van der Waals surface area contributed by atoms with Crippen molar-refractivity contribution >= 4 is 5.69 Å². The highest BCUT2D eigenvalue weighted by atomic mass is 16.6. The monoisotopic (exact) mass is 411 g/mol. The molecular weight excluding hydrogens is 374 g/mol. The number of rotatable bonds is 6. The van der Waals surface area contributed by atoms with Crippen LogP contribution >= 0.6 is 0 Å². The summed E-state index contributed by atoms with van der Waals surface area (Å²) in [6.07, 6.45) is -0.276. The van der Waals surface area contributed by atoms with Crippen LogP contribution in [0.1, 0.15) is 71.3 Å². The number of benzene rings is 2. The number of fused-ring (bicyclic) bond motifs is 1. The zero-order valence-electron chi connectivity index (χ0n) is 19.7. The molecule has 1 aliphatic heterocycles. The van der Waals surface area contributed by atoms with Crippen molar-refractivity contribution in [3.63, 3.8) is 0 Å². The predicted molar refractivity (Wildman–Crippen MR) is 123 cm³/mol. The predicted octanol–water partition coefficient (Wildman–Crippen LogP) is 6.25. The largest absolute Gasteiger partial charge is 0.485 e. The van der Waals surface area contributed by atoms with Gasteiger partial charge in [0.15, 0.2) is 0 Å². The van der Waals surface area contributed by atoms with Crippen LogP contribution in [0.15, 0.2) is 42.5 Å². The summed E-state index contributed by atoms with van der Waals surface area (Å²) >= 11 is 0. The first-order chi connectivity index (χ1) is 14.0. The van der Waals surface area contributed by atoms with E-state index in [4.69, 9.17) is 14.2 Å². The number of hydrogen-bond acceptors (Lipinski definition) is 4. The normalized spacial score (nSPS) is 20.6. The molecule has 0 bridgehead atoms. The van der Waals surface area contributed by atoms with Crippen molar-refractivity contribution in [3.05, 3.63) is 59.2 Å². The molecule has 4 heteroatoms. The van der Waals surface area contributed by atoms with Crippen LogP contribution in [0.2, 0.25) is 0 Å². The van der Waals surface area contributed by atoms with Gasteiger partial charge in [0.2, 0.25) is 0 Å². The summed E-state index contributed by atoms with van der Waals surface area (Å²) in [6, 6.07) is 15.1. The average Bonchev–Trinajstić information content (AvgIpc) is 2.65. The molecule has 0 spiro atoms. The zero-order valence-corrected chi connectivity index (χ0v) is 19.7. The number of hydrogen-bond donors (Lipinski definition) is 1. The van der Waals surface area contributed by atoms with Crippen LogP contribution in [0.4, 0.5) is 5.69 Å². The Morgan fingerprint density at radius 3 is 2.30 bits per heavy atom. The zero-order chi connectivity index (χ0) is 22.1. The molecule has 1 heterocycles. The maximum absolute atomic E-state index is 6.29. The van der Waals surface area contributed by atoms with Crippen molar-refractivity contribution in [3.8, 4) is 5.75 Å². The summed E-state index contributed by atoms with van der Waals surface area (Å²) in [7, 11) is 1.72. The molecular formula is C26H37NO3. The molecule has 2 aromatic rings. The van der Waals surface area contributed by atoms with Crippen LogP contribution in [0.5, 0.6) is 5.75 Å². The van der Waals surface area contributed by atoms with Gasteiger partial charge in [-0.05, 0) is 62.4 Å². The van der Waals surface area contributed by atoms with E-state index in [1.807, 2.05) is 19.9 Å². The molecule has 0 radical (unpaired) electrons. The van der Waals surface area contributed by atoms with E-state index >= 15 is 0 Å². The van der Waals surface area contributed by atoms with Gasteiger partial charge in [0, 0.05) is 24.9 Å². The molecule has 30 heavy (non-hydrogen) atoms. The lowest BCUT2D eigenvalue weighted by Crippen LogP contribution is -2.50. The lowest BCUT2D eigenvalue weighted by molar-refractivity contribution is -0.161. The molecule has 0 aromatic heterocycles. The van der Waals surface area contributed by atoms with Crippen LogP contribution in [0.25, 0.3) is 0 Å². The van der Waals surface area contributed by atoms with Crippen LogP contribution in [0, 0.1) is 0 Å². The Bertz CT molecular complexity index is 850. The molecule has 1 aliphatic rings. The van der Waals surface area contributed by atoms with Crippen molar-refractivity contribution in [2.45, 2.75) is 84.3 Å². The Labute approximate surface area is 181 Å². The van der Waals surface area contributed by atoms with Crippen LogP contribution < -0.4 is 10.1 Å². The summed E-state index contributed by atoms with van der Waals surface area (Å²) < 4.78 is 18.4. The van der Waals surface area contributed by atoms with Gasteiger partial charge in [-0.1, -0.05) is 45.0 Å². The highest BCUT2D eigenvalue weighted by molar-refractivity contribution is 5.54. The molecule has 0 aliphatic carbocycles. The lowest BCUT2D eigenvalue weighted by atomic mass is 9.87. The Kier molecular flexibility index (Phi) is 6.49. The third-order valence-electron chi connectivity index (χ3n) is 5.64. The van der Waals surface area contributed by atoms with E-state index in [1.165, 1.54) is 11.1 Å². The molecule has 4 nitrogen and oxygen atoms in total. The molecule has 2 atom stereocenters. The van der Waals surface area contributed by atoms with Crippen molar-refractivity contribution in [2.24, 2.45) is 0 Å². The Morgan fingerprint density at radius 2 is 1.73 bits per heavy atom. The minimum Gasteiger partial charge on any atom is -0.485 e. The van der Waals surface area contributed by atoms with E-state index in [0.29, 0.717) is 0 Å². The maximum atomic E-state index is 6.29. The van der Waals surface area contributed by atoms with Gasteiger partial charge < -0.3 is 19.5 Å². The number of anilines is 1. The molecule has 0 fully saturated rings. The molecule has 0 amide bonds. The van der Waals surface area contributed by atoms with Gasteiger partial charge in [-0.15, -0.1) is 0 Å². The minimum atomic E-state index is -0.467. The molecule has 2 aromatic carbocycles. The van der Waals surface area contributed by atoms with Gasteiger partial charge in [-0.2, -0.15) is 0 Å². The Hall–Kier alpha value is -2.04. The molecule has 2 unspecified atom stereocenters. The second-order valence-corrected chi connectivity index (χ2v) is 10.0. The second-order valence-electron chi connectivity index (χ2n) is 10.0. The first-order valence-electron chi connectivity index (χ1n) is 10.9. The molecule has 3 rings (SSSR count). The fourth-order valence-electron chi connectivity index (χ4n) is 4.01. The van der Waals surface area contributed by atoms with Gasteiger partial charge in [-0.3, -0.25) is 0 Å². The first kappa shape index (κ1) is 22.6. The van der Waals surface area contributed by atoms with Gasteiger partial charge >= 0.3 is 0 Å². The van der Waals surface area contributed by atoms with Crippen LogP contribution in [0.3, 0.4) is 0 Å². The Morgan fingerprint density at radius 1 is 1.07 bits per heavy atom. The number of methoxy groups -OCH3 is 1. The van der Waals surface area contributed by atoms with E-state index in [1.54, 1.807) is 7.11 Å². The molecule has 164 valence electrons. The highest BCUT2D eigenvalue weighted by Gasteiger charge is 2.45. The Balaban J connectivity index is 1.80. The summed E-state index contributed by atoms with van der Waals surface area (Å²) in [5.74, 6) is 0.860. The first-order valence-corrected chi connectivity index (χ1v) is 10.9. The van der Waals surface area contributed by atoms with Crippen molar-refractivity contribution in [1.29, 1.82) is 0 Å². The lowest BCUT2D eigenvalue weighted by Gasteiger charge is -2.44. The number of ether oxygens (including phenoxy) is 3. The van der Waals surface area contributed by atoms with E-state index in [9.17, 15) is 0 Å². The van der Waals surface area contributed by atoms with Gasteiger partial charge in [0.1, 0.15) is 23.6 Å². The van der Waals surface area contributed by atoms with E-state index in [0.717, 1.165) is 23.5 Å². The van der Waals surface area contributed by atoms with E-state index < -0.39 is 5.60 Å². The van der Waals surface area contributed by atoms with E-state index in [-0.39, 0.29) is 23.7 Å². The van der Waals surface area contributed by atoms with Gasteiger partial charge in [0.25, 0.3) is 0 Å². The van der Waals surface area contributed by atoms with Crippen LogP contribution in [-0.4, -0.2) is 24.9 Å². The fraction of sp³-hybridized carbons (Fsp3) is 0.538. The third kappa shape index (κ3) is 4.98. The van der Waals surface area contributed by atoms with Gasteiger partial charge in [-0.25, -0.2) is 0 Å². The number of nitrogens with one attached hydrogen (secondary N) is 1. The fourth-order valence-corrected chi connectivity index (χ4v) is 4.01. The quantitative estimate of drug-likeness (QED) is 0.610. The molecule has 1 N–H and O–H groups in total. The summed E-state index contributed by atoms with van der Waals surface area (Å²) in [5, 5.41) is 3.54. The smallest absolute Gasteiger partial charge is 0.132 e. The molecule has 0 saturated heterocycles. The summed E-state index contributed by atoms with van der Waals surface area (Å²) in [6.45, 7) is 15.7. The van der Waals surface area contributed by atoms with Crippen molar-refractivity contribution in [2.75, 3.05) is 12.4 Å². The van der Waals surface area contributed by atoms with Crippen LogP contribution in [-0.2, 0) is 21.4 Å². The van der Waals surface area contributed by atoms with Crippen molar-refractivity contribution < 1.29 is 14.2 Å². The molecule has 0 saturated carbocycles. The second kappa shape index (κ2) is 8.60.